The van der Waals surface area contributed by atoms with Crippen molar-refractivity contribution in [3.05, 3.63) is 45.8 Å². The number of halogens is 1. The zero-order valence-electron chi connectivity index (χ0n) is 14.8. The number of rotatable bonds is 7. The van der Waals surface area contributed by atoms with E-state index in [2.05, 4.69) is 5.16 Å². The highest BCUT2D eigenvalue weighted by atomic mass is 35.5. The first kappa shape index (κ1) is 19.6. The molecule has 0 bridgehead atoms. The van der Waals surface area contributed by atoms with Crippen LogP contribution in [0.2, 0.25) is 5.02 Å². The van der Waals surface area contributed by atoms with Crippen molar-refractivity contribution in [3.63, 3.8) is 0 Å². The van der Waals surface area contributed by atoms with Gasteiger partial charge in [-0.05, 0) is 38.0 Å². The highest BCUT2D eigenvalue weighted by Crippen LogP contribution is 2.43. The number of ketones is 1. The molecule has 0 radical (unpaired) electrons. The van der Waals surface area contributed by atoms with Crippen LogP contribution in [0.25, 0.3) is 0 Å². The summed E-state index contributed by atoms with van der Waals surface area (Å²) in [7, 11) is -3.46. The van der Waals surface area contributed by atoms with Gasteiger partial charge in [0.2, 0.25) is 11.5 Å². The molecule has 1 aliphatic rings. The van der Waals surface area contributed by atoms with E-state index in [4.69, 9.17) is 20.9 Å². The molecular formula is C18H18ClNO6S. The number of ether oxygens (including phenoxy) is 1. The van der Waals surface area contributed by atoms with E-state index in [0.717, 1.165) is 12.8 Å². The van der Waals surface area contributed by atoms with Crippen LogP contribution in [0.1, 0.15) is 64.8 Å². The molecule has 0 spiro atoms. The molecule has 9 heteroatoms. The lowest BCUT2D eigenvalue weighted by Crippen LogP contribution is -2.14. The van der Waals surface area contributed by atoms with Gasteiger partial charge >= 0.3 is 5.97 Å². The number of hydrogen-bond donors (Lipinski definition) is 0. The summed E-state index contributed by atoms with van der Waals surface area (Å²) in [5, 5.41) is 3.71. The first-order valence-corrected chi connectivity index (χ1v) is 10.6. The molecule has 1 fully saturated rings. The third kappa shape index (κ3) is 3.77. The Labute approximate surface area is 161 Å². The number of aromatic nitrogens is 1. The van der Waals surface area contributed by atoms with Crippen molar-refractivity contribution in [2.75, 3.05) is 12.4 Å². The van der Waals surface area contributed by atoms with Crippen LogP contribution in [0.4, 0.5) is 0 Å². The topological polar surface area (TPSA) is 104 Å². The van der Waals surface area contributed by atoms with Gasteiger partial charge in [-0.1, -0.05) is 23.7 Å². The molecule has 1 aromatic carbocycles. The fraction of sp³-hybridized carbons (Fsp3) is 0.389. The largest absolute Gasteiger partial charge is 0.461 e. The van der Waals surface area contributed by atoms with E-state index in [1.807, 2.05) is 0 Å². The van der Waals surface area contributed by atoms with Crippen LogP contribution >= 0.6 is 11.6 Å². The normalized spacial score (nSPS) is 14.2. The van der Waals surface area contributed by atoms with Gasteiger partial charge in [0.25, 0.3) is 0 Å². The fourth-order valence-corrected chi connectivity index (χ4v) is 3.90. The molecule has 144 valence electrons. The van der Waals surface area contributed by atoms with Crippen LogP contribution in [0.15, 0.2) is 27.6 Å². The quantitative estimate of drug-likeness (QED) is 0.508. The van der Waals surface area contributed by atoms with E-state index >= 15 is 0 Å². The Morgan fingerprint density at radius 1 is 1.30 bits per heavy atom. The number of carbonyl (C=O) groups is 2. The first-order valence-electron chi connectivity index (χ1n) is 8.53. The molecule has 0 unspecified atom stereocenters. The lowest BCUT2D eigenvalue weighted by Gasteiger charge is -2.08. The lowest BCUT2D eigenvalue weighted by atomic mass is 9.99. The van der Waals surface area contributed by atoms with Crippen molar-refractivity contribution >= 4 is 33.2 Å². The van der Waals surface area contributed by atoms with Gasteiger partial charge in [0.1, 0.15) is 5.56 Å². The third-order valence-corrected chi connectivity index (χ3v) is 6.33. The zero-order chi connectivity index (χ0) is 19.8. The molecule has 0 saturated heterocycles. The number of carbonyl (C=O) groups excluding carboxylic acids is 2. The predicted molar refractivity (Wildman–Crippen MR) is 97.0 cm³/mol. The minimum Gasteiger partial charge on any atom is -0.461 e. The fourth-order valence-electron chi connectivity index (χ4n) is 2.66. The predicted octanol–water partition coefficient (Wildman–Crippen LogP) is 3.41. The maximum Gasteiger partial charge on any atom is 0.361 e. The van der Waals surface area contributed by atoms with E-state index in [-0.39, 0.29) is 45.0 Å². The van der Waals surface area contributed by atoms with Gasteiger partial charge in [0, 0.05) is 11.5 Å². The van der Waals surface area contributed by atoms with Gasteiger partial charge in [-0.3, -0.25) is 4.79 Å². The Morgan fingerprint density at radius 3 is 2.56 bits per heavy atom. The summed E-state index contributed by atoms with van der Waals surface area (Å²) in [6, 6.07) is 3.90. The summed E-state index contributed by atoms with van der Waals surface area (Å²) in [6.07, 6.45) is 1.66. The Morgan fingerprint density at radius 2 is 2.00 bits per heavy atom. The number of nitrogens with zero attached hydrogens (tertiary/aromatic N) is 1. The molecule has 0 N–H and O–H groups in total. The summed E-state index contributed by atoms with van der Waals surface area (Å²) >= 11 is 6.19. The second-order valence-electron chi connectivity index (χ2n) is 6.14. The molecule has 1 saturated carbocycles. The summed E-state index contributed by atoms with van der Waals surface area (Å²) in [5.41, 5.74) is -0.0867. The highest BCUT2D eigenvalue weighted by molar-refractivity contribution is 7.91. The van der Waals surface area contributed by atoms with E-state index in [1.54, 1.807) is 6.92 Å². The number of sulfone groups is 1. The molecular weight excluding hydrogens is 394 g/mol. The van der Waals surface area contributed by atoms with Crippen LogP contribution in [0, 0.1) is 0 Å². The molecule has 2 aromatic rings. The summed E-state index contributed by atoms with van der Waals surface area (Å²) in [6.45, 7) is 3.29. The monoisotopic (exact) mass is 411 g/mol. The standard InChI is InChI=1S/C18H18ClNO6S/c1-3-25-18(22)15-14(17(26-20-15)10-5-6-10)16(21)12-8-7-11(9-13(12)19)27(23,24)4-2/h7-10H,3-6H2,1-2H3. The first-order chi connectivity index (χ1) is 12.8. The Balaban J connectivity index is 2.06. The second-order valence-corrected chi connectivity index (χ2v) is 8.82. The van der Waals surface area contributed by atoms with Crippen LogP contribution < -0.4 is 0 Å². The lowest BCUT2D eigenvalue weighted by molar-refractivity contribution is 0.0512. The van der Waals surface area contributed by atoms with Crippen molar-refractivity contribution in [3.8, 4) is 0 Å². The van der Waals surface area contributed by atoms with Crippen LogP contribution in [0.5, 0.6) is 0 Å². The molecule has 1 heterocycles. The Hall–Kier alpha value is -2.19. The SMILES string of the molecule is CCOC(=O)c1noc(C2CC2)c1C(=O)c1ccc(S(=O)(=O)CC)cc1Cl. The number of hydrogen-bond acceptors (Lipinski definition) is 7. The van der Waals surface area contributed by atoms with Crippen LogP contribution in [-0.2, 0) is 14.6 Å². The maximum atomic E-state index is 13.1. The van der Waals surface area contributed by atoms with E-state index in [0.29, 0.717) is 5.76 Å². The molecule has 0 atom stereocenters. The molecule has 1 aliphatic carbocycles. The Kier molecular flexibility index (Phi) is 5.39. The second kappa shape index (κ2) is 7.44. The van der Waals surface area contributed by atoms with Gasteiger partial charge in [-0.15, -0.1) is 0 Å². The average molecular weight is 412 g/mol. The van der Waals surface area contributed by atoms with Crippen molar-refractivity contribution in [1.82, 2.24) is 5.16 Å². The molecule has 1 aromatic heterocycles. The van der Waals surface area contributed by atoms with Gasteiger partial charge in [0.15, 0.2) is 15.6 Å². The van der Waals surface area contributed by atoms with Crippen molar-refractivity contribution in [1.29, 1.82) is 0 Å². The van der Waals surface area contributed by atoms with Crippen molar-refractivity contribution in [2.24, 2.45) is 0 Å². The van der Waals surface area contributed by atoms with Gasteiger partial charge < -0.3 is 9.26 Å². The van der Waals surface area contributed by atoms with Crippen LogP contribution in [0.3, 0.4) is 0 Å². The molecule has 0 amide bonds. The minimum atomic E-state index is -3.46. The van der Waals surface area contributed by atoms with E-state index in [9.17, 15) is 18.0 Å². The zero-order valence-corrected chi connectivity index (χ0v) is 16.4. The number of benzene rings is 1. The average Bonchev–Trinajstić information content (AvgIpc) is 3.39. The van der Waals surface area contributed by atoms with Gasteiger partial charge in [0.05, 0.1) is 22.3 Å². The highest BCUT2D eigenvalue weighted by Gasteiger charge is 2.38. The van der Waals surface area contributed by atoms with E-state index in [1.165, 1.54) is 25.1 Å². The molecule has 0 aliphatic heterocycles. The third-order valence-electron chi connectivity index (χ3n) is 4.29. The molecule has 7 nitrogen and oxygen atoms in total. The van der Waals surface area contributed by atoms with Gasteiger partial charge in [-0.2, -0.15) is 0 Å². The Bertz CT molecular complexity index is 1010. The summed E-state index contributed by atoms with van der Waals surface area (Å²) < 4.78 is 34.2. The van der Waals surface area contributed by atoms with Gasteiger partial charge in [-0.25, -0.2) is 13.2 Å². The van der Waals surface area contributed by atoms with Crippen molar-refractivity contribution < 1.29 is 27.3 Å². The summed E-state index contributed by atoms with van der Waals surface area (Å²) in [4.78, 5) is 25.3. The van der Waals surface area contributed by atoms with E-state index < -0.39 is 21.6 Å². The molecule has 27 heavy (non-hydrogen) atoms. The van der Waals surface area contributed by atoms with Crippen LogP contribution in [-0.4, -0.2) is 37.7 Å². The van der Waals surface area contributed by atoms with Crippen molar-refractivity contribution in [2.45, 2.75) is 37.5 Å². The minimum absolute atomic E-state index is 0.0210. The maximum absolute atomic E-state index is 13.1. The summed E-state index contributed by atoms with van der Waals surface area (Å²) in [5.74, 6) is -1.02. The smallest absolute Gasteiger partial charge is 0.361 e. The molecule has 3 rings (SSSR count). The number of esters is 1.